The highest BCUT2D eigenvalue weighted by Crippen LogP contribution is 2.17. The molecule has 7 heteroatoms. The molecular formula is C11H11BrN4OS. The van der Waals surface area contributed by atoms with Gasteiger partial charge in [-0.3, -0.25) is 4.79 Å². The first-order chi connectivity index (χ1) is 8.56. The number of halogens is 1. The quantitative estimate of drug-likeness (QED) is 0.905. The summed E-state index contributed by atoms with van der Waals surface area (Å²) in [6.45, 7) is 2.38. The molecule has 0 fully saturated rings. The molecule has 0 aliphatic carbocycles. The predicted octanol–water partition coefficient (Wildman–Crippen LogP) is 2.12. The Labute approximate surface area is 117 Å². The second kappa shape index (κ2) is 5.45. The summed E-state index contributed by atoms with van der Waals surface area (Å²) in [6.07, 6.45) is 3.28. The van der Waals surface area contributed by atoms with Gasteiger partial charge < -0.3 is 11.1 Å². The number of pyridine rings is 1. The fourth-order valence-corrected chi connectivity index (χ4v) is 2.51. The van der Waals surface area contributed by atoms with Gasteiger partial charge in [0, 0.05) is 21.7 Å². The molecule has 2 rings (SSSR count). The number of carbonyl (C=O) groups excluding carboxylic acids is 1. The number of aryl methyl sites for hydroxylation is 1. The van der Waals surface area contributed by atoms with Crippen molar-refractivity contribution in [2.75, 3.05) is 5.73 Å². The number of thiazole rings is 1. The van der Waals surface area contributed by atoms with Crippen LogP contribution in [-0.4, -0.2) is 15.9 Å². The summed E-state index contributed by atoms with van der Waals surface area (Å²) in [4.78, 5) is 21.0. The Balaban J connectivity index is 2.05. The third-order valence-electron chi connectivity index (χ3n) is 2.21. The number of nitrogens with zero attached hydrogens (tertiary/aromatic N) is 2. The molecule has 2 heterocycles. The molecule has 94 valence electrons. The molecule has 0 saturated heterocycles. The third kappa shape index (κ3) is 3.05. The number of amides is 1. The fraction of sp³-hybridized carbons (Fsp3) is 0.182. The van der Waals surface area contributed by atoms with Crippen molar-refractivity contribution in [3.8, 4) is 0 Å². The van der Waals surface area contributed by atoms with E-state index in [1.807, 2.05) is 6.92 Å². The minimum absolute atomic E-state index is 0.193. The van der Waals surface area contributed by atoms with Crippen LogP contribution in [0.3, 0.4) is 0 Å². The van der Waals surface area contributed by atoms with E-state index >= 15 is 0 Å². The molecule has 0 radical (unpaired) electrons. The third-order valence-corrected chi connectivity index (χ3v) is 3.76. The van der Waals surface area contributed by atoms with Crippen LogP contribution in [0.2, 0.25) is 0 Å². The highest BCUT2D eigenvalue weighted by atomic mass is 79.9. The van der Waals surface area contributed by atoms with Crippen molar-refractivity contribution in [3.05, 3.63) is 38.4 Å². The SMILES string of the molecule is Cc1ncc(CNC(=O)c2cc(N)ncc2Br)s1. The summed E-state index contributed by atoms with van der Waals surface area (Å²) in [5.41, 5.74) is 6.03. The first kappa shape index (κ1) is 13.0. The number of carbonyl (C=O) groups is 1. The Morgan fingerprint density at radius 2 is 2.28 bits per heavy atom. The van der Waals surface area contributed by atoms with Crippen molar-refractivity contribution in [3.63, 3.8) is 0 Å². The first-order valence-electron chi connectivity index (χ1n) is 5.17. The second-order valence-corrected chi connectivity index (χ2v) is 5.79. The number of aromatic nitrogens is 2. The Bertz CT molecular complexity index is 584. The van der Waals surface area contributed by atoms with Crippen molar-refractivity contribution in [1.82, 2.24) is 15.3 Å². The molecule has 0 unspecified atom stereocenters. The molecule has 5 nitrogen and oxygen atoms in total. The van der Waals surface area contributed by atoms with E-state index in [1.54, 1.807) is 17.5 Å². The van der Waals surface area contributed by atoms with E-state index in [0.717, 1.165) is 9.88 Å². The molecule has 2 aromatic rings. The van der Waals surface area contributed by atoms with Gasteiger partial charge in [0.15, 0.2) is 0 Å². The molecule has 0 atom stereocenters. The number of anilines is 1. The van der Waals surface area contributed by atoms with Gasteiger partial charge in [0.2, 0.25) is 0 Å². The van der Waals surface area contributed by atoms with Crippen LogP contribution < -0.4 is 11.1 Å². The largest absolute Gasteiger partial charge is 0.384 e. The molecule has 0 aliphatic heterocycles. The van der Waals surface area contributed by atoms with E-state index in [9.17, 15) is 4.79 Å². The van der Waals surface area contributed by atoms with E-state index in [1.165, 1.54) is 12.3 Å². The zero-order valence-electron chi connectivity index (χ0n) is 9.61. The summed E-state index contributed by atoms with van der Waals surface area (Å²) in [6, 6.07) is 1.54. The summed E-state index contributed by atoms with van der Waals surface area (Å²) in [5.74, 6) is 0.124. The zero-order valence-corrected chi connectivity index (χ0v) is 12.0. The Morgan fingerprint density at radius 3 is 2.94 bits per heavy atom. The van der Waals surface area contributed by atoms with E-state index < -0.39 is 0 Å². The Kier molecular flexibility index (Phi) is 3.93. The fourth-order valence-electron chi connectivity index (χ4n) is 1.38. The number of nitrogens with two attached hydrogens (primary N) is 1. The normalized spacial score (nSPS) is 10.3. The van der Waals surface area contributed by atoms with Crippen LogP contribution in [0.15, 0.2) is 22.9 Å². The molecule has 2 aromatic heterocycles. The van der Waals surface area contributed by atoms with Crippen LogP contribution in [0.5, 0.6) is 0 Å². The van der Waals surface area contributed by atoms with Gasteiger partial charge in [-0.2, -0.15) is 0 Å². The first-order valence-corrected chi connectivity index (χ1v) is 6.77. The van der Waals surface area contributed by atoms with Crippen LogP contribution in [0.4, 0.5) is 5.82 Å². The summed E-state index contributed by atoms with van der Waals surface area (Å²) in [7, 11) is 0. The lowest BCUT2D eigenvalue weighted by molar-refractivity contribution is 0.0950. The monoisotopic (exact) mass is 326 g/mol. The van der Waals surface area contributed by atoms with Gasteiger partial charge in [0.05, 0.1) is 17.1 Å². The molecule has 3 N–H and O–H groups in total. The number of hydrogen-bond acceptors (Lipinski definition) is 5. The van der Waals surface area contributed by atoms with Crippen molar-refractivity contribution < 1.29 is 4.79 Å². The average molecular weight is 327 g/mol. The average Bonchev–Trinajstić information content (AvgIpc) is 2.75. The van der Waals surface area contributed by atoms with E-state index in [2.05, 4.69) is 31.2 Å². The van der Waals surface area contributed by atoms with E-state index in [-0.39, 0.29) is 5.91 Å². The van der Waals surface area contributed by atoms with Gasteiger partial charge in [-0.15, -0.1) is 11.3 Å². The smallest absolute Gasteiger partial charge is 0.252 e. The van der Waals surface area contributed by atoms with Gasteiger partial charge in [-0.05, 0) is 28.9 Å². The van der Waals surface area contributed by atoms with Gasteiger partial charge in [0.25, 0.3) is 5.91 Å². The van der Waals surface area contributed by atoms with Gasteiger partial charge >= 0.3 is 0 Å². The van der Waals surface area contributed by atoms with Crippen LogP contribution >= 0.6 is 27.3 Å². The molecule has 0 spiro atoms. The van der Waals surface area contributed by atoms with Crippen molar-refractivity contribution in [2.24, 2.45) is 0 Å². The van der Waals surface area contributed by atoms with E-state index in [0.29, 0.717) is 22.4 Å². The van der Waals surface area contributed by atoms with Crippen LogP contribution in [0, 0.1) is 6.92 Å². The summed E-state index contributed by atoms with van der Waals surface area (Å²) in [5, 5.41) is 3.79. The zero-order chi connectivity index (χ0) is 13.1. The standard InChI is InChI=1S/C11H11BrN4OS/c1-6-14-3-7(18-6)4-16-11(17)8-2-10(13)15-5-9(8)12/h2-3,5H,4H2,1H3,(H2,13,15)(H,16,17). The summed E-state index contributed by atoms with van der Waals surface area (Å²) >= 11 is 4.83. The number of hydrogen-bond donors (Lipinski definition) is 2. The highest BCUT2D eigenvalue weighted by molar-refractivity contribution is 9.10. The lowest BCUT2D eigenvalue weighted by atomic mass is 10.2. The molecule has 18 heavy (non-hydrogen) atoms. The highest BCUT2D eigenvalue weighted by Gasteiger charge is 2.11. The van der Waals surface area contributed by atoms with Gasteiger partial charge in [-0.25, -0.2) is 9.97 Å². The summed E-state index contributed by atoms with van der Waals surface area (Å²) < 4.78 is 0.620. The maximum absolute atomic E-state index is 12.0. The maximum atomic E-state index is 12.0. The minimum atomic E-state index is -0.193. The van der Waals surface area contributed by atoms with Crippen molar-refractivity contribution in [2.45, 2.75) is 13.5 Å². The lowest BCUT2D eigenvalue weighted by Crippen LogP contribution is -2.23. The second-order valence-electron chi connectivity index (χ2n) is 3.62. The van der Waals surface area contributed by atoms with Crippen LogP contribution in [-0.2, 0) is 6.54 Å². The topological polar surface area (TPSA) is 80.9 Å². The van der Waals surface area contributed by atoms with Crippen LogP contribution in [0.25, 0.3) is 0 Å². The van der Waals surface area contributed by atoms with Gasteiger partial charge in [-0.1, -0.05) is 0 Å². The number of rotatable bonds is 3. The molecule has 0 aromatic carbocycles. The predicted molar refractivity (Wildman–Crippen MR) is 74.4 cm³/mol. The molecule has 0 aliphatic rings. The number of nitrogens with one attached hydrogen (secondary N) is 1. The van der Waals surface area contributed by atoms with Crippen molar-refractivity contribution >= 4 is 39.0 Å². The molecular weight excluding hydrogens is 316 g/mol. The Hall–Kier alpha value is -1.47. The van der Waals surface area contributed by atoms with Gasteiger partial charge in [0.1, 0.15) is 5.82 Å². The molecule has 0 saturated carbocycles. The van der Waals surface area contributed by atoms with Crippen LogP contribution in [0.1, 0.15) is 20.2 Å². The maximum Gasteiger partial charge on any atom is 0.252 e. The molecule has 1 amide bonds. The molecule has 0 bridgehead atoms. The minimum Gasteiger partial charge on any atom is -0.384 e. The number of nitrogen functional groups attached to an aromatic ring is 1. The Morgan fingerprint density at radius 1 is 1.50 bits per heavy atom. The lowest BCUT2D eigenvalue weighted by Gasteiger charge is -2.05. The van der Waals surface area contributed by atoms with Crippen molar-refractivity contribution in [1.29, 1.82) is 0 Å². The van der Waals surface area contributed by atoms with E-state index in [4.69, 9.17) is 5.73 Å².